The molecule has 1 aromatic carbocycles. The minimum Gasteiger partial charge on any atom is -0.478 e. The number of carbonyl (C=O) groups is 1. The van der Waals surface area contributed by atoms with Gasteiger partial charge in [-0.3, -0.25) is 9.97 Å². The highest BCUT2D eigenvalue weighted by Gasteiger charge is 2.19. The minimum atomic E-state index is -0.933. The first-order chi connectivity index (χ1) is 10.6. The molecule has 1 aliphatic heterocycles. The Morgan fingerprint density at radius 3 is 2.64 bits per heavy atom. The number of aromatic carboxylic acids is 1. The van der Waals surface area contributed by atoms with E-state index in [-0.39, 0.29) is 5.56 Å². The first kappa shape index (κ1) is 14.7. The van der Waals surface area contributed by atoms with Gasteiger partial charge in [-0.1, -0.05) is 12.1 Å². The van der Waals surface area contributed by atoms with Crippen molar-refractivity contribution >= 4 is 5.97 Å². The van der Waals surface area contributed by atoms with Crippen LogP contribution >= 0.6 is 0 Å². The summed E-state index contributed by atoms with van der Waals surface area (Å²) in [6, 6.07) is 6.78. The number of carboxylic acids is 1. The highest BCUT2D eigenvalue weighted by atomic mass is 16.4. The van der Waals surface area contributed by atoms with Crippen molar-refractivity contribution in [2.24, 2.45) is 0 Å². The molecule has 22 heavy (non-hydrogen) atoms. The predicted molar refractivity (Wildman–Crippen MR) is 83.9 cm³/mol. The molecule has 0 radical (unpaired) electrons. The van der Waals surface area contributed by atoms with Crippen molar-refractivity contribution in [1.29, 1.82) is 0 Å². The normalized spacial score (nSPS) is 16.6. The van der Waals surface area contributed by atoms with Crippen LogP contribution in [0.25, 0.3) is 11.3 Å². The van der Waals surface area contributed by atoms with E-state index in [1.807, 2.05) is 12.3 Å². The van der Waals surface area contributed by atoms with Crippen LogP contribution in [-0.4, -0.2) is 46.1 Å². The molecule has 3 rings (SSSR count). The zero-order chi connectivity index (χ0) is 15.5. The van der Waals surface area contributed by atoms with E-state index < -0.39 is 5.97 Å². The average molecular weight is 297 g/mol. The van der Waals surface area contributed by atoms with Crippen LogP contribution in [-0.2, 0) is 0 Å². The minimum absolute atomic E-state index is 0.263. The smallest absolute Gasteiger partial charge is 0.335 e. The number of carboxylic acid groups (broad SMARTS) is 1. The summed E-state index contributed by atoms with van der Waals surface area (Å²) in [5, 5.41) is 9.05. The number of benzene rings is 1. The lowest BCUT2D eigenvalue weighted by Crippen LogP contribution is -2.29. The lowest BCUT2D eigenvalue weighted by Gasteiger charge is -2.28. The van der Waals surface area contributed by atoms with Crippen molar-refractivity contribution in [3.63, 3.8) is 0 Å². The first-order valence-electron chi connectivity index (χ1n) is 7.47. The summed E-state index contributed by atoms with van der Waals surface area (Å²) in [5.74, 6) is -0.458. The van der Waals surface area contributed by atoms with Crippen molar-refractivity contribution in [2.75, 3.05) is 20.1 Å². The quantitative estimate of drug-likeness (QED) is 0.943. The molecule has 0 aliphatic carbocycles. The van der Waals surface area contributed by atoms with Gasteiger partial charge >= 0.3 is 5.97 Å². The standard InChI is InChI=1S/C17H19N3O2/c1-20-7-5-12(6-8-20)15-10-19-16(11-18-15)13-3-2-4-14(9-13)17(21)22/h2-4,9-12H,5-8H2,1H3,(H,21,22). The van der Waals surface area contributed by atoms with Gasteiger partial charge in [0.2, 0.25) is 0 Å². The maximum atomic E-state index is 11.0. The van der Waals surface area contributed by atoms with E-state index in [9.17, 15) is 4.79 Å². The summed E-state index contributed by atoms with van der Waals surface area (Å²) in [7, 11) is 2.14. The van der Waals surface area contributed by atoms with Crippen LogP contribution in [0, 0.1) is 0 Å². The second-order valence-corrected chi connectivity index (χ2v) is 5.79. The van der Waals surface area contributed by atoms with Crippen molar-refractivity contribution in [2.45, 2.75) is 18.8 Å². The summed E-state index contributed by atoms with van der Waals surface area (Å²) < 4.78 is 0. The highest BCUT2D eigenvalue weighted by Crippen LogP contribution is 2.26. The Hall–Kier alpha value is -2.27. The Kier molecular flexibility index (Phi) is 4.15. The molecule has 0 amide bonds. The summed E-state index contributed by atoms with van der Waals surface area (Å²) in [6.07, 6.45) is 5.80. The van der Waals surface area contributed by atoms with Gasteiger partial charge in [-0.05, 0) is 45.1 Å². The van der Waals surface area contributed by atoms with Crippen LogP contribution in [0.2, 0.25) is 0 Å². The van der Waals surface area contributed by atoms with E-state index in [0.717, 1.165) is 37.2 Å². The van der Waals surface area contributed by atoms with Crippen molar-refractivity contribution < 1.29 is 9.90 Å². The molecule has 2 aromatic rings. The molecule has 0 atom stereocenters. The average Bonchev–Trinajstić information content (AvgIpc) is 2.56. The number of piperidine rings is 1. The van der Waals surface area contributed by atoms with Gasteiger partial charge in [0, 0.05) is 17.7 Å². The molecule has 0 bridgehead atoms. The van der Waals surface area contributed by atoms with Gasteiger partial charge in [-0.15, -0.1) is 0 Å². The van der Waals surface area contributed by atoms with Crippen molar-refractivity contribution in [3.8, 4) is 11.3 Å². The molecule has 0 spiro atoms. The van der Waals surface area contributed by atoms with Gasteiger partial charge in [0.05, 0.1) is 23.1 Å². The Morgan fingerprint density at radius 2 is 2.00 bits per heavy atom. The van der Waals surface area contributed by atoms with Crippen LogP contribution < -0.4 is 0 Å². The number of likely N-dealkylation sites (tertiary alicyclic amines) is 1. The molecule has 1 saturated heterocycles. The van der Waals surface area contributed by atoms with E-state index >= 15 is 0 Å². The Bertz CT molecular complexity index is 662. The van der Waals surface area contributed by atoms with E-state index in [2.05, 4.69) is 21.9 Å². The topological polar surface area (TPSA) is 66.3 Å². The summed E-state index contributed by atoms with van der Waals surface area (Å²) in [5.41, 5.74) is 2.78. The lowest BCUT2D eigenvalue weighted by atomic mass is 9.94. The molecule has 1 fully saturated rings. The van der Waals surface area contributed by atoms with E-state index in [0.29, 0.717) is 11.6 Å². The number of nitrogens with zero attached hydrogens (tertiary/aromatic N) is 3. The molecule has 5 heteroatoms. The van der Waals surface area contributed by atoms with E-state index in [1.165, 1.54) is 0 Å². The molecule has 5 nitrogen and oxygen atoms in total. The molecule has 2 heterocycles. The van der Waals surface area contributed by atoms with E-state index in [1.54, 1.807) is 24.4 Å². The number of rotatable bonds is 3. The maximum absolute atomic E-state index is 11.0. The molecule has 1 N–H and O–H groups in total. The fraction of sp³-hybridized carbons (Fsp3) is 0.353. The molecule has 1 aliphatic rings. The zero-order valence-electron chi connectivity index (χ0n) is 12.6. The largest absolute Gasteiger partial charge is 0.478 e. The molecule has 114 valence electrons. The summed E-state index contributed by atoms with van der Waals surface area (Å²) in [6.45, 7) is 2.18. The number of hydrogen-bond donors (Lipinski definition) is 1. The monoisotopic (exact) mass is 297 g/mol. The van der Waals surface area contributed by atoms with Crippen LogP contribution in [0.4, 0.5) is 0 Å². The molecular formula is C17H19N3O2. The van der Waals surface area contributed by atoms with E-state index in [4.69, 9.17) is 5.11 Å². The second kappa shape index (κ2) is 6.23. The first-order valence-corrected chi connectivity index (χ1v) is 7.47. The van der Waals surface area contributed by atoms with Gasteiger partial charge < -0.3 is 10.0 Å². The third kappa shape index (κ3) is 3.14. The van der Waals surface area contributed by atoms with Crippen molar-refractivity contribution in [1.82, 2.24) is 14.9 Å². The van der Waals surface area contributed by atoms with Gasteiger partial charge in [0.25, 0.3) is 0 Å². The van der Waals surface area contributed by atoms with Gasteiger partial charge in [-0.25, -0.2) is 4.79 Å². The third-order valence-electron chi connectivity index (χ3n) is 4.21. The maximum Gasteiger partial charge on any atom is 0.335 e. The number of hydrogen-bond acceptors (Lipinski definition) is 4. The molecule has 0 saturated carbocycles. The molecule has 0 unspecified atom stereocenters. The van der Waals surface area contributed by atoms with Crippen LogP contribution in [0.15, 0.2) is 36.7 Å². The second-order valence-electron chi connectivity index (χ2n) is 5.79. The zero-order valence-corrected chi connectivity index (χ0v) is 12.6. The highest BCUT2D eigenvalue weighted by molar-refractivity contribution is 5.89. The van der Waals surface area contributed by atoms with Crippen LogP contribution in [0.1, 0.15) is 34.8 Å². The summed E-state index contributed by atoms with van der Waals surface area (Å²) in [4.78, 5) is 22.4. The molecule has 1 aromatic heterocycles. The fourth-order valence-electron chi connectivity index (χ4n) is 2.81. The van der Waals surface area contributed by atoms with Gasteiger partial charge in [-0.2, -0.15) is 0 Å². The predicted octanol–water partition coefficient (Wildman–Crippen LogP) is 2.65. The van der Waals surface area contributed by atoms with Gasteiger partial charge in [0.15, 0.2) is 0 Å². The Labute approximate surface area is 129 Å². The summed E-state index contributed by atoms with van der Waals surface area (Å²) >= 11 is 0. The Morgan fingerprint density at radius 1 is 1.23 bits per heavy atom. The lowest BCUT2D eigenvalue weighted by molar-refractivity contribution is 0.0697. The molecular weight excluding hydrogens is 278 g/mol. The van der Waals surface area contributed by atoms with Crippen molar-refractivity contribution in [3.05, 3.63) is 47.9 Å². The van der Waals surface area contributed by atoms with Gasteiger partial charge in [0.1, 0.15) is 0 Å². The van der Waals surface area contributed by atoms with Crippen LogP contribution in [0.5, 0.6) is 0 Å². The number of aromatic nitrogens is 2. The Balaban J connectivity index is 1.79. The third-order valence-corrected chi connectivity index (χ3v) is 4.21. The van der Waals surface area contributed by atoms with Crippen LogP contribution in [0.3, 0.4) is 0 Å². The fourth-order valence-corrected chi connectivity index (χ4v) is 2.81. The SMILES string of the molecule is CN1CCC(c2cnc(-c3cccc(C(=O)O)c3)cn2)CC1.